The quantitative estimate of drug-likeness (QED) is 0.709. The maximum absolute atomic E-state index is 13.4. The first kappa shape index (κ1) is 13.9. The van der Waals surface area contributed by atoms with E-state index in [0.29, 0.717) is 19.3 Å². The molecular formula is C15H21FO. The SMILES string of the molecule is CCCC/C=C(\F)C(O)CCc1ccccc1. The van der Waals surface area contributed by atoms with E-state index in [0.717, 1.165) is 18.4 Å². The molecule has 1 N–H and O–H groups in total. The molecule has 2 heteroatoms. The zero-order valence-corrected chi connectivity index (χ0v) is 10.4. The van der Waals surface area contributed by atoms with Crippen molar-refractivity contribution in [2.45, 2.75) is 45.1 Å². The van der Waals surface area contributed by atoms with Gasteiger partial charge < -0.3 is 5.11 Å². The van der Waals surface area contributed by atoms with Crippen LogP contribution in [0.2, 0.25) is 0 Å². The first-order valence-corrected chi connectivity index (χ1v) is 6.31. The number of aliphatic hydroxyl groups is 1. The molecule has 0 heterocycles. The van der Waals surface area contributed by atoms with Gasteiger partial charge in [0.2, 0.25) is 0 Å². The molecule has 1 aromatic rings. The molecular weight excluding hydrogens is 215 g/mol. The summed E-state index contributed by atoms with van der Waals surface area (Å²) in [6.07, 6.45) is 4.44. The van der Waals surface area contributed by atoms with E-state index in [1.54, 1.807) is 0 Å². The van der Waals surface area contributed by atoms with Crippen molar-refractivity contribution in [3.05, 3.63) is 47.8 Å². The van der Waals surface area contributed by atoms with Crippen molar-refractivity contribution in [2.24, 2.45) is 0 Å². The molecule has 0 fully saturated rings. The van der Waals surface area contributed by atoms with E-state index in [9.17, 15) is 9.50 Å². The van der Waals surface area contributed by atoms with Crippen LogP contribution >= 0.6 is 0 Å². The number of allylic oxidation sites excluding steroid dienone is 1. The number of aliphatic hydroxyl groups excluding tert-OH is 1. The highest BCUT2D eigenvalue weighted by Crippen LogP contribution is 2.13. The van der Waals surface area contributed by atoms with Crippen LogP contribution in [0.3, 0.4) is 0 Å². The summed E-state index contributed by atoms with van der Waals surface area (Å²) in [6.45, 7) is 2.07. The molecule has 0 amide bonds. The maximum Gasteiger partial charge on any atom is 0.124 e. The molecule has 1 atom stereocenters. The van der Waals surface area contributed by atoms with Crippen LogP contribution in [0.5, 0.6) is 0 Å². The van der Waals surface area contributed by atoms with Gasteiger partial charge in [0.15, 0.2) is 0 Å². The molecule has 94 valence electrons. The molecule has 1 nitrogen and oxygen atoms in total. The predicted molar refractivity (Wildman–Crippen MR) is 69.5 cm³/mol. The van der Waals surface area contributed by atoms with Gasteiger partial charge in [-0.15, -0.1) is 0 Å². The van der Waals surface area contributed by atoms with Gasteiger partial charge in [-0.1, -0.05) is 49.8 Å². The molecule has 1 aromatic carbocycles. The second-order valence-electron chi connectivity index (χ2n) is 4.27. The summed E-state index contributed by atoms with van der Waals surface area (Å²) in [5, 5.41) is 9.64. The Kier molecular flexibility index (Phi) is 6.56. The number of aryl methyl sites for hydroxylation is 1. The lowest BCUT2D eigenvalue weighted by atomic mass is 10.1. The highest BCUT2D eigenvalue weighted by atomic mass is 19.1. The van der Waals surface area contributed by atoms with Crippen molar-refractivity contribution in [3.63, 3.8) is 0 Å². The molecule has 0 saturated carbocycles. The summed E-state index contributed by atoms with van der Waals surface area (Å²) >= 11 is 0. The van der Waals surface area contributed by atoms with Crippen LogP contribution in [-0.2, 0) is 6.42 Å². The smallest absolute Gasteiger partial charge is 0.124 e. The van der Waals surface area contributed by atoms with E-state index in [1.807, 2.05) is 30.3 Å². The van der Waals surface area contributed by atoms with E-state index in [4.69, 9.17) is 0 Å². The average Bonchev–Trinajstić information content (AvgIpc) is 2.37. The van der Waals surface area contributed by atoms with Gasteiger partial charge in [-0.05, 0) is 31.2 Å². The number of halogens is 1. The summed E-state index contributed by atoms with van der Waals surface area (Å²) in [5.41, 5.74) is 1.13. The molecule has 0 aliphatic rings. The Morgan fingerprint density at radius 2 is 2.06 bits per heavy atom. The molecule has 0 radical (unpaired) electrons. The van der Waals surface area contributed by atoms with Gasteiger partial charge in [0.1, 0.15) is 11.9 Å². The van der Waals surface area contributed by atoms with E-state index in [-0.39, 0.29) is 5.83 Å². The Hall–Kier alpha value is -1.15. The monoisotopic (exact) mass is 236 g/mol. The third-order valence-corrected chi connectivity index (χ3v) is 2.76. The molecule has 0 saturated heterocycles. The van der Waals surface area contributed by atoms with Crippen molar-refractivity contribution in [1.29, 1.82) is 0 Å². The fourth-order valence-corrected chi connectivity index (χ4v) is 1.67. The molecule has 0 aromatic heterocycles. The molecule has 0 spiro atoms. The number of unbranched alkanes of at least 4 members (excludes halogenated alkanes) is 2. The van der Waals surface area contributed by atoms with Gasteiger partial charge in [-0.2, -0.15) is 0 Å². The Morgan fingerprint density at radius 1 is 1.35 bits per heavy atom. The van der Waals surface area contributed by atoms with Crippen LogP contribution in [0.15, 0.2) is 42.2 Å². The van der Waals surface area contributed by atoms with Gasteiger partial charge >= 0.3 is 0 Å². The Balaban J connectivity index is 2.33. The number of rotatable bonds is 7. The van der Waals surface area contributed by atoms with Crippen molar-refractivity contribution in [2.75, 3.05) is 0 Å². The lowest BCUT2D eigenvalue weighted by molar-refractivity contribution is 0.172. The van der Waals surface area contributed by atoms with E-state index in [2.05, 4.69) is 6.92 Å². The van der Waals surface area contributed by atoms with Crippen LogP contribution < -0.4 is 0 Å². The molecule has 1 unspecified atom stereocenters. The largest absolute Gasteiger partial charge is 0.386 e. The zero-order valence-electron chi connectivity index (χ0n) is 10.4. The second-order valence-corrected chi connectivity index (χ2v) is 4.27. The Labute approximate surface area is 103 Å². The van der Waals surface area contributed by atoms with Crippen LogP contribution in [-0.4, -0.2) is 11.2 Å². The van der Waals surface area contributed by atoms with Gasteiger partial charge in [0, 0.05) is 0 Å². The topological polar surface area (TPSA) is 20.2 Å². The molecule has 0 bridgehead atoms. The maximum atomic E-state index is 13.4. The van der Waals surface area contributed by atoms with E-state index >= 15 is 0 Å². The molecule has 1 rings (SSSR count). The highest BCUT2D eigenvalue weighted by molar-refractivity contribution is 5.15. The van der Waals surface area contributed by atoms with Gasteiger partial charge in [0.25, 0.3) is 0 Å². The normalized spacial score (nSPS) is 13.7. The predicted octanol–water partition coefficient (Wildman–Crippen LogP) is 4.02. The fourth-order valence-electron chi connectivity index (χ4n) is 1.67. The summed E-state index contributed by atoms with van der Waals surface area (Å²) in [6, 6.07) is 9.84. The summed E-state index contributed by atoms with van der Waals surface area (Å²) in [7, 11) is 0. The molecule has 0 aliphatic heterocycles. The van der Waals surface area contributed by atoms with Crippen LogP contribution in [0, 0.1) is 0 Å². The number of hydrogen-bond donors (Lipinski definition) is 1. The third kappa shape index (κ3) is 5.64. The third-order valence-electron chi connectivity index (χ3n) is 2.76. The summed E-state index contributed by atoms with van der Waals surface area (Å²) in [5.74, 6) is -0.380. The van der Waals surface area contributed by atoms with Crippen molar-refractivity contribution in [3.8, 4) is 0 Å². The summed E-state index contributed by atoms with van der Waals surface area (Å²) < 4.78 is 13.4. The van der Waals surface area contributed by atoms with Crippen LogP contribution in [0.4, 0.5) is 4.39 Å². The van der Waals surface area contributed by atoms with Gasteiger partial charge in [-0.3, -0.25) is 0 Å². The highest BCUT2D eigenvalue weighted by Gasteiger charge is 2.09. The van der Waals surface area contributed by atoms with Gasteiger partial charge in [0.05, 0.1) is 0 Å². The number of hydrogen-bond acceptors (Lipinski definition) is 1. The molecule has 17 heavy (non-hydrogen) atoms. The van der Waals surface area contributed by atoms with Crippen molar-refractivity contribution in [1.82, 2.24) is 0 Å². The number of benzene rings is 1. The summed E-state index contributed by atoms with van der Waals surface area (Å²) in [4.78, 5) is 0. The van der Waals surface area contributed by atoms with E-state index < -0.39 is 6.10 Å². The second kappa shape index (κ2) is 8.02. The fraction of sp³-hybridized carbons (Fsp3) is 0.467. The van der Waals surface area contributed by atoms with Gasteiger partial charge in [-0.25, -0.2) is 4.39 Å². The lowest BCUT2D eigenvalue weighted by Crippen LogP contribution is -2.08. The minimum atomic E-state index is -0.952. The van der Waals surface area contributed by atoms with Crippen LogP contribution in [0.1, 0.15) is 38.2 Å². The average molecular weight is 236 g/mol. The first-order chi connectivity index (χ1) is 8.24. The Bertz CT molecular complexity index is 332. The minimum absolute atomic E-state index is 0.380. The minimum Gasteiger partial charge on any atom is -0.386 e. The van der Waals surface area contributed by atoms with E-state index in [1.165, 1.54) is 6.08 Å². The zero-order chi connectivity index (χ0) is 12.5. The lowest BCUT2D eigenvalue weighted by Gasteiger charge is -2.08. The van der Waals surface area contributed by atoms with Crippen molar-refractivity contribution < 1.29 is 9.50 Å². The standard InChI is InChI=1S/C15H21FO/c1-2-3-5-10-14(16)15(17)12-11-13-8-6-4-7-9-13/h4,6-10,15,17H,2-3,5,11-12H2,1H3/b14-10-. The first-order valence-electron chi connectivity index (χ1n) is 6.31. The Morgan fingerprint density at radius 3 is 2.71 bits per heavy atom. The van der Waals surface area contributed by atoms with Crippen molar-refractivity contribution >= 4 is 0 Å². The van der Waals surface area contributed by atoms with Crippen LogP contribution in [0.25, 0.3) is 0 Å². The molecule has 0 aliphatic carbocycles.